The minimum atomic E-state index is -0.317. The van der Waals surface area contributed by atoms with Gasteiger partial charge in [-0.05, 0) is 54.7 Å². The predicted molar refractivity (Wildman–Crippen MR) is 118 cm³/mol. The summed E-state index contributed by atoms with van der Waals surface area (Å²) in [6.07, 6.45) is 6.84. The number of pyridine rings is 2. The van der Waals surface area contributed by atoms with E-state index in [0.29, 0.717) is 18.8 Å². The van der Waals surface area contributed by atoms with Crippen molar-refractivity contribution >= 4 is 6.09 Å². The van der Waals surface area contributed by atoms with Gasteiger partial charge in [0.2, 0.25) is 0 Å². The number of aromatic nitrogens is 2. The summed E-state index contributed by atoms with van der Waals surface area (Å²) in [6, 6.07) is 14.6. The molecule has 31 heavy (non-hydrogen) atoms. The maximum atomic E-state index is 12.6. The molecular weight excluding hydrogens is 388 g/mol. The summed E-state index contributed by atoms with van der Waals surface area (Å²) in [7, 11) is 0. The minimum absolute atomic E-state index is 0.116. The van der Waals surface area contributed by atoms with Crippen molar-refractivity contribution in [2.24, 2.45) is 0 Å². The van der Waals surface area contributed by atoms with Crippen molar-refractivity contribution in [3.05, 3.63) is 89.0 Å². The number of hydrogen-bond donors (Lipinski definition) is 0. The quantitative estimate of drug-likeness (QED) is 0.639. The zero-order valence-electron chi connectivity index (χ0n) is 17.7. The second-order valence-electron chi connectivity index (χ2n) is 8.23. The number of piperazine rings is 1. The highest BCUT2D eigenvalue weighted by molar-refractivity contribution is 5.70. The van der Waals surface area contributed by atoms with E-state index in [4.69, 9.17) is 9.72 Å². The summed E-state index contributed by atoms with van der Waals surface area (Å²) in [5.74, 6) is 0.473. The molecule has 2 aliphatic rings. The predicted octanol–water partition coefficient (Wildman–Crippen LogP) is 3.79. The molecule has 1 atom stereocenters. The van der Waals surface area contributed by atoms with Crippen LogP contribution in [0.1, 0.15) is 34.0 Å². The van der Waals surface area contributed by atoms with Crippen LogP contribution in [0.5, 0.6) is 5.75 Å². The first-order valence-electron chi connectivity index (χ1n) is 10.8. The number of aryl methyl sites for hydroxylation is 3. The third-order valence-corrected chi connectivity index (χ3v) is 6.22. The van der Waals surface area contributed by atoms with Crippen LogP contribution < -0.4 is 4.74 Å². The lowest BCUT2D eigenvalue weighted by Crippen LogP contribution is -2.50. The van der Waals surface area contributed by atoms with Crippen molar-refractivity contribution in [1.82, 2.24) is 19.8 Å². The lowest BCUT2D eigenvalue weighted by molar-refractivity contribution is 0.0964. The Hall–Kier alpha value is -3.25. The Balaban J connectivity index is 1.37. The maximum absolute atomic E-state index is 12.6. The van der Waals surface area contributed by atoms with Gasteiger partial charge in [0.25, 0.3) is 0 Å². The van der Waals surface area contributed by atoms with E-state index in [1.807, 2.05) is 12.3 Å². The van der Waals surface area contributed by atoms with Crippen molar-refractivity contribution < 1.29 is 9.53 Å². The van der Waals surface area contributed by atoms with E-state index in [-0.39, 0.29) is 12.1 Å². The summed E-state index contributed by atoms with van der Waals surface area (Å²) < 4.78 is 5.47. The average molecular weight is 415 g/mol. The fraction of sp³-hybridized carbons (Fsp3) is 0.320. The van der Waals surface area contributed by atoms with E-state index >= 15 is 0 Å². The third kappa shape index (κ3) is 4.03. The van der Waals surface area contributed by atoms with Crippen LogP contribution in [0.2, 0.25) is 0 Å². The zero-order chi connectivity index (χ0) is 21.2. The molecule has 0 bridgehead atoms. The monoisotopic (exact) mass is 414 g/mol. The molecular formula is C25H26N4O2. The van der Waals surface area contributed by atoms with Gasteiger partial charge >= 0.3 is 6.09 Å². The minimum Gasteiger partial charge on any atom is -0.409 e. The molecule has 0 saturated carbocycles. The first-order valence-corrected chi connectivity index (χ1v) is 10.8. The van der Waals surface area contributed by atoms with Crippen LogP contribution in [0.25, 0.3) is 0 Å². The molecule has 1 aliphatic heterocycles. The van der Waals surface area contributed by atoms with Gasteiger partial charge in [-0.2, -0.15) is 0 Å². The van der Waals surface area contributed by atoms with Gasteiger partial charge in [0.1, 0.15) is 0 Å². The molecule has 0 spiro atoms. The fourth-order valence-corrected chi connectivity index (χ4v) is 4.65. The number of nitrogens with zero attached hydrogens (tertiary/aromatic N) is 4. The van der Waals surface area contributed by atoms with Crippen molar-refractivity contribution in [3.8, 4) is 5.75 Å². The van der Waals surface area contributed by atoms with Gasteiger partial charge in [0.05, 0.1) is 17.9 Å². The molecule has 6 heteroatoms. The van der Waals surface area contributed by atoms with Crippen molar-refractivity contribution in [2.45, 2.75) is 25.8 Å². The van der Waals surface area contributed by atoms with Gasteiger partial charge in [-0.25, -0.2) is 4.79 Å². The Morgan fingerprint density at radius 2 is 1.81 bits per heavy atom. The number of benzene rings is 1. The summed E-state index contributed by atoms with van der Waals surface area (Å²) >= 11 is 0. The average Bonchev–Trinajstić information content (AvgIpc) is 2.96. The molecule has 1 saturated heterocycles. The normalized spacial score (nSPS) is 18.6. The maximum Gasteiger partial charge on any atom is 0.415 e. The molecule has 5 rings (SSSR count). The molecule has 0 unspecified atom stereocenters. The molecule has 0 N–H and O–H groups in total. The van der Waals surface area contributed by atoms with E-state index in [0.717, 1.165) is 31.6 Å². The van der Waals surface area contributed by atoms with Gasteiger partial charge in [0, 0.05) is 38.6 Å². The van der Waals surface area contributed by atoms with Crippen LogP contribution in [0.4, 0.5) is 4.79 Å². The van der Waals surface area contributed by atoms with Crippen molar-refractivity contribution in [1.29, 1.82) is 0 Å². The van der Waals surface area contributed by atoms with Crippen LogP contribution in [-0.2, 0) is 12.8 Å². The summed E-state index contributed by atoms with van der Waals surface area (Å²) in [5.41, 5.74) is 6.51. The van der Waals surface area contributed by atoms with E-state index in [9.17, 15) is 4.79 Å². The highest BCUT2D eigenvalue weighted by Gasteiger charge is 2.33. The lowest BCUT2D eigenvalue weighted by atomic mass is 9.94. The molecule has 1 aliphatic carbocycles. The fourth-order valence-electron chi connectivity index (χ4n) is 4.65. The van der Waals surface area contributed by atoms with E-state index in [1.54, 1.807) is 29.4 Å². The van der Waals surface area contributed by atoms with Gasteiger partial charge in [-0.15, -0.1) is 0 Å². The number of hydrogen-bond acceptors (Lipinski definition) is 5. The summed E-state index contributed by atoms with van der Waals surface area (Å²) in [4.78, 5) is 25.6. The Kier molecular flexibility index (Phi) is 5.38. The smallest absolute Gasteiger partial charge is 0.409 e. The molecule has 6 nitrogen and oxygen atoms in total. The molecule has 1 amide bonds. The Labute approximate surface area is 182 Å². The lowest BCUT2D eigenvalue weighted by Gasteiger charge is -2.39. The van der Waals surface area contributed by atoms with Crippen LogP contribution in [0.3, 0.4) is 0 Å². The molecule has 3 heterocycles. The Morgan fingerprint density at radius 3 is 2.61 bits per heavy atom. The second kappa shape index (κ2) is 8.47. The van der Waals surface area contributed by atoms with Gasteiger partial charge < -0.3 is 9.64 Å². The molecule has 158 valence electrons. The zero-order valence-corrected chi connectivity index (χ0v) is 17.7. The number of amides is 1. The van der Waals surface area contributed by atoms with Gasteiger partial charge in [-0.3, -0.25) is 14.9 Å². The molecule has 3 aromatic rings. The highest BCUT2D eigenvalue weighted by Crippen LogP contribution is 2.36. The van der Waals surface area contributed by atoms with Crippen LogP contribution >= 0.6 is 0 Å². The topological polar surface area (TPSA) is 58.6 Å². The Morgan fingerprint density at radius 1 is 1.00 bits per heavy atom. The SMILES string of the molecule is Cc1ccc2c(c1)CCc1cccnc1[C@@H]2N1CCN(C(=O)Oc2cccnc2)CC1. The summed E-state index contributed by atoms with van der Waals surface area (Å²) in [6.45, 7) is 4.95. The van der Waals surface area contributed by atoms with E-state index in [2.05, 4.69) is 41.1 Å². The molecule has 0 radical (unpaired) electrons. The highest BCUT2D eigenvalue weighted by atomic mass is 16.6. The third-order valence-electron chi connectivity index (χ3n) is 6.22. The Bertz CT molecular complexity index is 1080. The number of rotatable bonds is 2. The van der Waals surface area contributed by atoms with Crippen LogP contribution in [0, 0.1) is 6.92 Å². The summed E-state index contributed by atoms with van der Waals surface area (Å²) in [5, 5.41) is 0. The first-order chi connectivity index (χ1) is 15.2. The number of carbonyl (C=O) groups excluding carboxylic acids is 1. The number of carbonyl (C=O) groups is 1. The van der Waals surface area contributed by atoms with Crippen molar-refractivity contribution in [3.63, 3.8) is 0 Å². The van der Waals surface area contributed by atoms with Crippen LogP contribution in [-0.4, -0.2) is 52.0 Å². The second-order valence-corrected chi connectivity index (χ2v) is 8.23. The van der Waals surface area contributed by atoms with Crippen LogP contribution in [0.15, 0.2) is 61.1 Å². The first kappa shape index (κ1) is 19.7. The number of fused-ring (bicyclic) bond motifs is 2. The molecule has 2 aromatic heterocycles. The number of ether oxygens (including phenoxy) is 1. The van der Waals surface area contributed by atoms with E-state index in [1.165, 1.54) is 22.3 Å². The van der Waals surface area contributed by atoms with Gasteiger partial charge in [0.15, 0.2) is 5.75 Å². The largest absolute Gasteiger partial charge is 0.415 e. The van der Waals surface area contributed by atoms with Gasteiger partial charge in [-0.1, -0.05) is 29.8 Å². The van der Waals surface area contributed by atoms with Crippen molar-refractivity contribution in [2.75, 3.05) is 26.2 Å². The van der Waals surface area contributed by atoms with E-state index < -0.39 is 0 Å². The molecule has 1 aromatic carbocycles. The molecule has 1 fully saturated rings. The standard InChI is InChI=1S/C25H26N4O2/c1-18-6-9-22-20(16-18)8-7-19-4-2-11-27-23(19)24(22)28-12-14-29(15-13-28)25(30)31-21-5-3-10-26-17-21/h2-6,9-11,16-17,24H,7-8,12-15H2,1H3/t24-/m1/s1.